The molecule has 1 aromatic carbocycles. The molecule has 2 aliphatic heterocycles. The molecule has 3 heterocycles. The van der Waals surface area contributed by atoms with Crippen LogP contribution in [0.1, 0.15) is 43.2 Å². The maximum Gasteiger partial charge on any atom is 0.237 e. The smallest absolute Gasteiger partial charge is 0.237 e. The fourth-order valence-corrected chi connectivity index (χ4v) is 5.31. The second kappa shape index (κ2) is 7.76. The third-order valence-corrected chi connectivity index (χ3v) is 7.64. The minimum atomic E-state index is -0.993. The Morgan fingerprint density at radius 1 is 1.30 bits per heavy atom. The molecule has 5 rings (SSSR count). The van der Waals surface area contributed by atoms with Crippen LogP contribution in [0.4, 0.5) is 5.69 Å². The second-order valence-electron chi connectivity index (χ2n) is 8.64. The van der Waals surface area contributed by atoms with Crippen LogP contribution in [0.15, 0.2) is 17.5 Å². The third kappa shape index (κ3) is 3.31. The first kappa shape index (κ1) is 20.2. The molecule has 7 nitrogen and oxygen atoms in total. The number of aromatic nitrogens is 1. The number of methoxy groups -OCH3 is 1. The Kier molecular flexibility index (Phi) is 5.23. The van der Waals surface area contributed by atoms with Crippen LogP contribution in [0, 0.1) is 0 Å². The van der Waals surface area contributed by atoms with Crippen molar-refractivity contribution in [3.05, 3.63) is 28.1 Å². The number of hydrogen-bond acceptors (Lipinski definition) is 8. The van der Waals surface area contributed by atoms with Crippen molar-refractivity contribution in [2.45, 2.75) is 63.2 Å². The molecule has 162 valence electrons. The lowest BCUT2D eigenvalue weighted by molar-refractivity contribution is -0.0795. The molecule has 0 bridgehead atoms. The molecule has 8 heteroatoms. The zero-order valence-electron chi connectivity index (χ0n) is 17.4. The van der Waals surface area contributed by atoms with Crippen molar-refractivity contribution >= 4 is 17.0 Å². The Morgan fingerprint density at radius 2 is 2.10 bits per heavy atom. The van der Waals surface area contributed by atoms with Gasteiger partial charge >= 0.3 is 0 Å². The molecule has 0 spiro atoms. The molecule has 1 aromatic heterocycles. The number of β-amino-alcohol motifs (C(OH)–C–C–N with tert-alkyl or cyclic N) is 1. The van der Waals surface area contributed by atoms with Crippen LogP contribution in [0.3, 0.4) is 0 Å². The van der Waals surface area contributed by atoms with E-state index in [1.807, 2.05) is 22.4 Å². The first-order valence-electron chi connectivity index (χ1n) is 10.7. The maximum atomic E-state index is 10.7. The second-order valence-corrected chi connectivity index (χ2v) is 9.50. The minimum Gasteiger partial charge on any atom is -0.489 e. The number of nitrogens with one attached hydrogen (secondary N) is 1. The predicted molar refractivity (Wildman–Crippen MR) is 116 cm³/mol. The number of fused-ring (bicyclic) bond motifs is 1. The lowest BCUT2D eigenvalue weighted by atomic mass is 9.92. The standard InChI is InChI=1S/C22H29N3O4S/c1-13-6-7-16-18(25(13)21(26)28-2)9-8-15(19(16)29-14-4-3-5-14)17-10-30-20(24-17)22(27)11-23-12-22/h8-10,13-14,21,23,26-27H,3-7,11-12H2,1-2H3/t13-,21?/m0/s1. The fraction of sp³-hybridized carbons (Fsp3) is 0.591. The normalized spacial score (nSPS) is 24.0. The highest BCUT2D eigenvalue weighted by Crippen LogP contribution is 2.45. The summed E-state index contributed by atoms with van der Waals surface area (Å²) >= 11 is 1.49. The summed E-state index contributed by atoms with van der Waals surface area (Å²) in [7, 11) is 1.52. The number of nitrogens with zero attached hydrogens (tertiary/aromatic N) is 2. The summed E-state index contributed by atoms with van der Waals surface area (Å²) in [6, 6.07) is 4.23. The van der Waals surface area contributed by atoms with E-state index in [9.17, 15) is 10.2 Å². The Balaban J connectivity index is 1.58. The van der Waals surface area contributed by atoms with Crippen molar-refractivity contribution < 1.29 is 19.7 Å². The zero-order chi connectivity index (χ0) is 20.9. The summed E-state index contributed by atoms with van der Waals surface area (Å²) in [6.07, 6.45) is 4.35. The van der Waals surface area contributed by atoms with Crippen LogP contribution in [0.25, 0.3) is 11.3 Å². The van der Waals surface area contributed by atoms with Crippen LogP contribution >= 0.6 is 11.3 Å². The van der Waals surface area contributed by atoms with E-state index >= 15 is 0 Å². The molecule has 1 saturated carbocycles. The molecule has 1 saturated heterocycles. The quantitative estimate of drug-likeness (QED) is 0.606. The highest BCUT2D eigenvalue weighted by Gasteiger charge is 2.39. The van der Waals surface area contributed by atoms with Gasteiger partial charge in [0.05, 0.1) is 11.8 Å². The molecule has 3 N–H and O–H groups in total. The van der Waals surface area contributed by atoms with Gasteiger partial charge in [-0.15, -0.1) is 11.3 Å². The number of thiazole rings is 1. The largest absolute Gasteiger partial charge is 0.489 e. The van der Waals surface area contributed by atoms with Crippen LogP contribution in [-0.2, 0) is 16.8 Å². The molecule has 1 unspecified atom stereocenters. The number of aliphatic hydroxyl groups excluding tert-OH is 1. The van der Waals surface area contributed by atoms with E-state index in [1.165, 1.54) is 24.9 Å². The van der Waals surface area contributed by atoms with Crippen molar-refractivity contribution in [3.8, 4) is 17.0 Å². The number of hydrogen-bond donors (Lipinski definition) is 3. The van der Waals surface area contributed by atoms with Gasteiger partial charge in [-0.1, -0.05) is 0 Å². The van der Waals surface area contributed by atoms with Crippen molar-refractivity contribution in [1.82, 2.24) is 10.3 Å². The Hall–Kier alpha value is -1.71. The van der Waals surface area contributed by atoms with Gasteiger partial charge in [-0.3, -0.25) is 0 Å². The number of benzene rings is 1. The van der Waals surface area contributed by atoms with E-state index in [4.69, 9.17) is 14.5 Å². The number of anilines is 1. The van der Waals surface area contributed by atoms with E-state index in [2.05, 4.69) is 12.2 Å². The van der Waals surface area contributed by atoms with Gasteiger partial charge in [-0.2, -0.15) is 0 Å². The number of ether oxygens (including phenoxy) is 2. The van der Waals surface area contributed by atoms with Crippen LogP contribution in [0.2, 0.25) is 0 Å². The summed E-state index contributed by atoms with van der Waals surface area (Å²) in [4.78, 5) is 6.70. The average Bonchev–Trinajstić information content (AvgIpc) is 3.18. The van der Waals surface area contributed by atoms with Gasteiger partial charge in [0.15, 0.2) is 0 Å². The first-order valence-corrected chi connectivity index (χ1v) is 11.6. The molecule has 2 aromatic rings. The van der Waals surface area contributed by atoms with Gasteiger partial charge in [0, 0.05) is 48.4 Å². The third-order valence-electron chi connectivity index (χ3n) is 6.60. The van der Waals surface area contributed by atoms with Crippen LogP contribution in [-0.4, -0.2) is 54.0 Å². The summed E-state index contributed by atoms with van der Waals surface area (Å²) in [5.74, 6) is 0.868. The Labute approximate surface area is 180 Å². The highest BCUT2D eigenvalue weighted by atomic mass is 32.1. The Morgan fingerprint density at radius 3 is 2.73 bits per heavy atom. The van der Waals surface area contributed by atoms with Gasteiger partial charge in [0.2, 0.25) is 6.41 Å². The van der Waals surface area contributed by atoms with Gasteiger partial charge in [-0.25, -0.2) is 4.98 Å². The molecule has 0 amide bonds. The predicted octanol–water partition coefficient (Wildman–Crippen LogP) is 2.60. The maximum absolute atomic E-state index is 10.7. The van der Waals surface area contributed by atoms with E-state index in [1.54, 1.807) is 0 Å². The Bertz CT molecular complexity index is 925. The van der Waals surface area contributed by atoms with Gasteiger partial charge in [0.1, 0.15) is 16.4 Å². The summed E-state index contributed by atoms with van der Waals surface area (Å²) in [5, 5.41) is 27.0. The molecule has 2 fully saturated rings. The van der Waals surface area contributed by atoms with E-state index in [0.29, 0.717) is 13.1 Å². The molecule has 1 aliphatic carbocycles. The summed E-state index contributed by atoms with van der Waals surface area (Å²) < 4.78 is 11.7. The topological polar surface area (TPSA) is 87.1 Å². The van der Waals surface area contributed by atoms with Gasteiger partial charge in [0.25, 0.3) is 0 Å². The first-order chi connectivity index (χ1) is 14.5. The summed E-state index contributed by atoms with van der Waals surface area (Å²) in [5.41, 5.74) is 3.00. The molecule has 30 heavy (non-hydrogen) atoms. The fourth-order valence-electron chi connectivity index (χ4n) is 4.40. The molecule has 2 atom stereocenters. The zero-order valence-corrected chi connectivity index (χ0v) is 18.2. The van der Waals surface area contributed by atoms with Gasteiger partial charge in [-0.05, 0) is 51.2 Å². The lowest BCUT2D eigenvalue weighted by Gasteiger charge is -2.40. The van der Waals surface area contributed by atoms with Crippen molar-refractivity contribution in [2.75, 3.05) is 25.1 Å². The molecular weight excluding hydrogens is 402 g/mol. The van der Waals surface area contributed by atoms with E-state index in [-0.39, 0.29) is 12.1 Å². The van der Waals surface area contributed by atoms with Crippen molar-refractivity contribution in [3.63, 3.8) is 0 Å². The SMILES string of the molecule is COC(O)N1c2ccc(-c3csc(C4(O)CNC4)n3)c(OC3CCC3)c2CC[C@@H]1C. The van der Waals surface area contributed by atoms with Crippen molar-refractivity contribution in [2.24, 2.45) is 0 Å². The number of rotatable bonds is 6. The van der Waals surface area contributed by atoms with Crippen LogP contribution < -0.4 is 15.0 Å². The molecule has 3 aliphatic rings. The average molecular weight is 432 g/mol. The van der Waals surface area contributed by atoms with E-state index < -0.39 is 12.0 Å². The lowest BCUT2D eigenvalue weighted by Crippen LogP contribution is -2.56. The summed E-state index contributed by atoms with van der Waals surface area (Å²) in [6.45, 7) is 3.18. The monoisotopic (exact) mass is 431 g/mol. The highest BCUT2D eigenvalue weighted by molar-refractivity contribution is 7.10. The minimum absolute atomic E-state index is 0.168. The molecular formula is C22H29N3O4S. The van der Waals surface area contributed by atoms with Crippen molar-refractivity contribution in [1.29, 1.82) is 0 Å². The molecule has 0 radical (unpaired) electrons. The van der Waals surface area contributed by atoms with E-state index in [0.717, 1.165) is 58.9 Å². The van der Waals surface area contributed by atoms with Crippen LogP contribution in [0.5, 0.6) is 5.75 Å². The number of aliphatic hydroxyl groups is 2. The van der Waals surface area contributed by atoms with Gasteiger partial charge < -0.3 is 29.9 Å².